The zero-order chi connectivity index (χ0) is 21.9. The highest BCUT2D eigenvalue weighted by Gasteiger charge is 2.34. The average molecular weight is 438 g/mol. The molecule has 0 saturated heterocycles. The van der Waals surface area contributed by atoms with Crippen LogP contribution in [0.15, 0.2) is 60.8 Å². The van der Waals surface area contributed by atoms with E-state index < -0.39 is 27.6 Å². The van der Waals surface area contributed by atoms with Gasteiger partial charge in [0, 0.05) is 23.9 Å². The maximum Gasteiger partial charge on any atom is 0.417 e. The summed E-state index contributed by atoms with van der Waals surface area (Å²) >= 11 is 5.77. The first-order valence-electron chi connectivity index (χ1n) is 8.20. The molecule has 3 aromatic rings. The van der Waals surface area contributed by atoms with E-state index in [1.807, 2.05) is 0 Å². The van der Waals surface area contributed by atoms with Gasteiger partial charge in [0.15, 0.2) is 0 Å². The van der Waals surface area contributed by atoms with Gasteiger partial charge in [-0.3, -0.25) is 14.9 Å². The largest absolute Gasteiger partial charge is 0.439 e. The molecule has 7 nitrogen and oxygen atoms in total. The number of hydrogen-bond acceptors (Lipinski definition) is 5. The minimum absolute atomic E-state index is 0.0741. The summed E-state index contributed by atoms with van der Waals surface area (Å²) in [5, 5.41) is 12.4. The van der Waals surface area contributed by atoms with Crippen LogP contribution in [0, 0.1) is 10.1 Å². The molecule has 1 heterocycles. The Hall–Kier alpha value is -3.66. The minimum Gasteiger partial charge on any atom is -0.439 e. The zero-order valence-corrected chi connectivity index (χ0v) is 15.6. The van der Waals surface area contributed by atoms with Crippen molar-refractivity contribution in [1.29, 1.82) is 0 Å². The summed E-state index contributed by atoms with van der Waals surface area (Å²) < 4.78 is 44.4. The van der Waals surface area contributed by atoms with Crippen LogP contribution in [0.1, 0.15) is 15.9 Å². The van der Waals surface area contributed by atoms with Crippen molar-refractivity contribution >= 4 is 28.9 Å². The molecule has 30 heavy (non-hydrogen) atoms. The lowest BCUT2D eigenvalue weighted by Gasteiger charge is -2.13. The highest BCUT2D eigenvalue weighted by Crippen LogP contribution is 2.36. The number of anilines is 1. The molecule has 2 aromatic carbocycles. The molecule has 0 bridgehead atoms. The number of amides is 1. The van der Waals surface area contributed by atoms with Crippen molar-refractivity contribution in [2.75, 3.05) is 5.32 Å². The van der Waals surface area contributed by atoms with Gasteiger partial charge in [0.2, 0.25) is 5.88 Å². The van der Waals surface area contributed by atoms with Crippen molar-refractivity contribution in [3.63, 3.8) is 0 Å². The van der Waals surface area contributed by atoms with Crippen LogP contribution in [-0.2, 0) is 6.18 Å². The lowest BCUT2D eigenvalue weighted by atomic mass is 10.1. The van der Waals surface area contributed by atoms with E-state index in [0.717, 1.165) is 18.3 Å². The monoisotopic (exact) mass is 437 g/mol. The highest BCUT2D eigenvalue weighted by molar-refractivity contribution is 6.35. The number of nitro groups is 1. The Morgan fingerprint density at radius 3 is 2.50 bits per heavy atom. The molecule has 0 fully saturated rings. The number of rotatable bonds is 5. The SMILES string of the molecule is O=C(Nc1cccc(Oc2ccc([N+](=O)[O-])cn2)c1)c1cccc(C(F)(F)F)c1Cl. The topological polar surface area (TPSA) is 94.4 Å². The number of hydrogen-bond donors (Lipinski definition) is 1. The van der Waals surface area contributed by atoms with Crippen LogP contribution < -0.4 is 10.1 Å². The summed E-state index contributed by atoms with van der Waals surface area (Å²) in [4.78, 5) is 26.2. The van der Waals surface area contributed by atoms with Crippen molar-refractivity contribution in [3.05, 3.63) is 87.1 Å². The molecule has 0 saturated carbocycles. The average Bonchev–Trinajstić information content (AvgIpc) is 2.68. The molecule has 1 amide bonds. The Labute approximate surface area is 172 Å². The van der Waals surface area contributed by atoms with Crippen molar-refractivity contribution in [2.24, 2.45) is 0 Å². The fourth-order valence-corrected chi connectivity index (χ4v) is 2.74. The predicted octanol–water partition coefficient (Wildman–Crippen LogP) is 5.71. The van der Waals surface area contributed by atoms with E-state index in [0.29, 0.717) is 0 Å². The van der Waals surface area contributed by atoms with Gasteiger partial charge >= 0.3 is 6.18 Å². The van der Waals surface area contributed by atoms with E-state index in [1.165, 1.54) is 42.5 Å². The predicted molar refractivity (Wildman–Crippen MR) is 102 cm³/mol. The Morgan fingerprint density at radius 2 is 1.87 bits per heavy atom. The number of halogens is 4. The molecule has 0 spiro atoms. The molecule has 1 N–H and O–H groups in total. The molecule has 154 valence electrons. The van der Waals surface area contributed by atoms with E-state index in [4.69, 9.17) is 16.3 Å². The molecule has 11 heteroatoms. The smallest absolute Gasteiger partial charge is 0.417 e. The van der Waals surface area contributed by atoms with Crippen LogP contribution in [0.5, 0.6) is 11.6 Å². The van der Waals surface area contributed by atoms with Crippen LogP contribution in [0.25, 0.3) is 0 Å². The maximum absolute atomic E-state index is 13.0. The normalized spacial score (nSPS) is 11.1. The lowest BCUT2D eigenvalue weighted by Crippen LogP contribution is -2.15. The van der Waals surface area contributed by atoms with Gasteiger partial charge in [-0.05, 0) is 24.3 Å². The van der Waals surface area contributed by atoms with E-state index in [1.54, 1.807) is 0 Å². The number of nitrogens with one attached hydrogen (secondary N) is 1. The number of nitrogens with zero attached hydrogens (tertiary/aromatic N) is 2. The molecule has 0 atom stereocenters. The molecule has 1 aromatic heterocycles. The van der Waals surface area contributed by atoms with Gasteiger partial charge in [0.25, 0.3) is 11.6 Å². The summed E-state index contributed by atoms with van der Waals surface area (Å²) in [5.41, 5.74) is -1.43. The Morgan fingerprint density at radius 1 is 1.13 bits per heavy atom. The molecule has 0 aliphatic heterocycles. The third kappa shape index (κ3) is 4.84. The van der Waals surface area contributed by atoms with Crippen molar-refractivity contribution < 1.29 is 27.6 Å². The Bertz CT molecular complexity index is 1100. The summed E-state index contributed by atoms with van der Waals surface area (Å²) in [5.74, 6) is -0.522. The molecule has 0 aliphatic carbocycles. The third-order valence-corrected chi connectivity index (χ3v) is 4.20. The van der Waals surface area contributed by atoms with Gasteiger partial charge in [-0.15, -0.1) is 0 Å². The van der Waals surface area contributed by atoms with E-state index in [2.05, 4.69) is 10.3 Å². The maximum atomic E-state index is 13.0. The second-order valence-electron chi connectivity index (χ2n) is 5.86. The minimum atomic E-state index is -4.70. The number of carbonyl (C=O) groups is 1. The molecule has 0 unspecified atom stereocenters. The first kappa shape index (κ1) is 21.1. The first-order chi connectivity index (χ1) is 14.1. The van der Waals surface area contributed by atoms with Gasteiger partial charge in [-0.25, -0.2) is 4.98 Å². The van der Waals surface area contributed by atoms with Gasteiger partial charge in [0.1, 0.15) is 11.9 Å². The molecule has 0 aliphatic rings. The van der Waals surface area contributed by atoms with Crippen LogP contribution in [0.3, 0.4) is 0 Å². The number of benzene rings is 2. The summed E-state index contributed by atoms with van der Waals surface area (Å²) in [6.07, 6.45) is -3.67. The van der Waals surface area contributed by atoms with Crippen LogP contribution in [0.2, 0.25) is 5.02 Å². The summed E-state index contributed by atoms with van der Waals surface area (Å²) in [6, 6.07) is 11.5. The number of ether oxygens (including phenoxy) is 1. The molecular weight excluding hydrogens is 427 g/mol. The number of alkyl halides is 3. The second kappa shape index (κ2) is 8.37. The van der Waals surface area contributed by atoms with E-state index in [9.17, 15) is 28.1 Å². The van der Waals surface area contributed by atoms with Gasteiger partial charge in [0.05, 0.1) is 21.1 Å². The molecule has 0 radical (unpaired) electrons. The zero-order valence-electron chi connectivity index (χ0n) is 14.8. The van der Waals surface area contributed by atoms with E-state index >= 15 is 0 Å². The van der Waals surface area contributed by atoms with Gasteiger partial charge < -0.3 is 10.1 Å². The highest BCUT2D eigenvalue weighted by atomic mass is 35.5. The van der Waals surface area contributed by atoms with Crippen LogP contribution >= 0.6 is 11.6 Å². The number of carbonyl (C=O) groups excluding carboxylic acids is 1. The standard InChI is InChI=1S/C19H11ClF3N3O4/c20-17-14(5-2-6-15(17)19(21,22)23)18(27)25-11-3-1-4-13(9-11)30-16-8-7-12(10-24-16)26(28)29/h1-10H,(H,25,27). The summed E-state index contributed by atoms with van der Waals surface area (Å²) in [6.45, 7) is 0. The van der Waals surface area contributed by atoms with Gasteiger partial charge in [-0.2, -0.15) is 13.2 Å². The number of aromatic nitrogens is 1. The Kier molecular flexibility index (Phi) is 5.88. The quantitative estimate of drug-likeness (QED) is 0.407. The van der Waals surface area contributed by atoms with Crippen molar-refractivity contribution in [3.8, 4) is 11.6 Å². The van der Waals surface area contributed by atoms with Crippen molar-refractivity contribution in [1.82, 2.24) is 4.98 Å². The second-order valence-corrected chi connectivity index (χ2v) is 6.24. The fourth-order valence-electron chi connectivity index (χ4n) is 2.42. The Balaban J connectivity index is 1.77. The van der Waals surface area contributed by atoms with Gasteiger partial charge in [-0.1, -0.05) is 23.7 Å². The molecular formula is C19H11ClF3N3O4. The first-order valence-corrected chi connectivity index (χ1v) is 8.58. The lowest BCUT2D eigenvalue weighted by molar-refractivity contribution is -0.385. The summed E-state index contributed by atoms with van der Waals surface area (Å²) in [7, 11) is 0. The van der Waals surface area contributed by atoms with Crippen molar-refractivity contribution in [2.45, 2.75) is 6.18 Å². The fraction of sp³-hybridized carbons (Fsp3) is 0.0526. The molecule has 3 rings (SSSR count). The van der Waals surface area contributed by atoms with E-state index in [-0.39, 0.29) is 28.6 Å². The van der Waals surface area contributed by atoms with Crippen LogP contribution in [0.4, 0.5) is 24.5 Å². The third-order valence-electron chi connectivity index (χ3n) is 3.79. The van der Waals surface area contributed by atoms with Crippen LogP contribution in [-0.4, -0.2) is 15.8 Å². The number of pyridine rings is 1.